The van der Waals surface area contributed by atoms with Crippen molar-refractivity contribution in [3.8, 4) is 0 Å². The summed E-state index contributed by atoms with van der Waals surface area (Å²) in [6.07, 6.45) is 5.24. The average Bonchev–Trinajstić information content (AvgIpc) is 2.74. The Hall–Kier alpha value is -1.42. The first-order valence-corrected chi connectivity index (χ1v) is 6.26. The summed E-state index contributed by atoms with van der Waals surface area (Å²) in [6.45, 7) is 5.28. The first-order valence-electron chi connectivity index (χ1n) is 6.26. The number of rotatable bonds is 2. The number of hydrogen-bond donors (Lipinski definition) is 0. The summed E-state index contributed by atoms with van der Waals surface area (Å²) in [5, 5.41) is 0. The van der Waals surface area contributed by atoms with Crippen molar-refractivity contribution < 1.29 is 9.59 Å². The first kappa shape index (κ1) is 13.0. The van der Waals surface area contributed by atoms with Crippen LogP contribution >= 0.6 is 0 Å². The van der Waals surface area contributed by atoms with E-state index in [1.54, 1.807) is 0 Å². The van der Waals surface area contributed by atoms with Crippen LogP contribution in [0.2, 0.25) is 0 Å². The molecule has 0 aromatic rings. The van der Waals surface area contributed by atoms with Crippen molar-refractivity contribution in [1.82, 2.24) is 9.80 Å². The van der Waals surface area contributed by atoms with Gasteiger partial charge in [0.2, 0.25) is 5.78 Å². The number of carbonyl (C=O) groups is 2. The van der Waals surface area contributed by atoms with Crippen molar-refractivity contribution in [2.24, 2.45) is 5.41 Å². The van der Waals surface area contributed by atoms with E-state index >= 15 is 0 Å². The van der Waals surface area contributed by atoms with E-state index in [1.807, 2.05) is 14.0 Å². The quantitative estimate of drug-likeness (QED) is 0.418. The largest absolute Gasteiger partial charge is 0.358 e. The van der Waals surface area contributed by atoms with Crippen LogP contribution in [0.5, 0.6) is 0 Å². The number of aldehydes is 1. The number of nitrogens with zero attached hydrogens (tertiary/aromatic N) is 2. The third-order valence-corrected chi connectivity index (χ3v) is 4.29. The summed E-state index contributed by atoms with van der Waals surface area (Å²) in [5.74, 6) is -0.470. The van der Waals surface area contributed by atoms with E-state index in [0.717, 1.165) is 18.7 Å². The normalized spacial score (nSPS) is 36.4. The Kier molecular flexibility index (Phi) is 3.15. The maximum absolute atomic E-state index is 11.4. The standard InChI is InChI=1S/C14H20N2O2/c1-5-11-12(8-10(18)9-17)16(4)13-14(11,2)6-7-15(13)3/h5,8-9,13H,6-7H2,1-4H3/b11-5+,12-8+. The van der Waals surface area contributed by atoms with Gasteiger partial charge in [0.25, 0.3) is 0 Å². The zero-order chi connectivity index (χ0) is 13.5. The van der Waals surface area contributed by atoms with E-state index in [9.17, 15) is 9.59 Å². The number of ketones is 1. The van der Waals surface area contributed by atoms with Crippen LogP contribution in [-0.2, 0) is 9.59 Å². The van der Waals surface area contributed by atoms with E-state index < -0.39 is 5.78 Å². The van der Waals surface area contributed by atoms with Crippen molar-refractivity contribution in [3.63, 3.8) is 0 Å². The molecular formula is C14H20N2O2. The molecule has 0 spiro atoms. The van der Waals surface area contributed by atoms with Gasteiger partial charge in [-0.15, -0.1) is 0 Å². The van der Waals surface area contributed by atoms with Crippen LogP contribution in [0, 0.1) is 5.41 Å². The molecule has 4 heteroatoms. The van der Waals surface area contributed by atoms with Crippen molar-refractivity contribution in [2.45, 2.75) is 26.4 Å². The fourth-order valence-corrected chi connectivity index (χ4v) is 3.58. The predicted molar refractivity (Wildman–Crippen MR) is 69.8 cm³/mol. The van der Waals surface area contributed by atoms with Crippen molar-refractivity contribution in [3.05, 3.63) is 23.4 Å². The topological polar surface area (TPSA) is 40.6 Å². The lowest BCUT2D eigenvalue weighted by Gasteiger charge is -2.31. The minimum atomic E-state index is -0.470. The number of likely N-dealkylation sites (tertiary alicyclic amines) is 2. The van der Waals surface area contributed by atoms with Gasteiger partial charge in [-0.05, 0) is 26.0 Å². The van der Waals surface area contributed by atoms with Crippen molar-refractivity contribution >= 4 is 12.1 Å². The zero-order valence-electron chi connectivity index (χ0n) is 11.4. The molecule has 0 aromatic heterocycles. The summed E-state index contributed by atoms with van der Waals surface area (Å²) < 4.78 is 0. The van der Waals surface area contributed by atoms with E-state index in [2.05, 4.69) is 29.8 Å². The van der Waals surface area contributed by atoms with Gasteiger partial charge in [-0.2, -0.15) is 0 Å². The zero-order valence-corrected chi connectivity index (χ0v) is 11.4. The Labute approximate surface area is 108 Å². The molecule has 0 aromatic carbocycles. The Balaban J connectivity index is 2.49. The molecule has 0 aliphatic carbocycles. The summed E-state index contributed by atoms with van der Waals surface area (Å²) in [6, 6.07) is 0. The maximum atomic E-state index is 11.4. The average molecular weight is 248 g/mol. The van der Waals surface area contributed by atoms with Gasteiger partial charge in [0.1, 0.15) is 0 Å². The van der Waals surface area contributed by atoms with Gasteiger partial charge in [-0.25, -0.2) is 0 Å². The van der Waals surface area contributed by atoms with E-state index in [1.165, 1.54) is 11.6 Å². The molecule has 2 unspecified atom stereocenters. The minimum Gasteiger partial charge on any atom is -0.358 e. The molecule has 2 aliphatic heterocycles. The highest BCUT2D eigenvalue weighted by Gasteiger charge is 2.53. The summed E-state index contributed by atoms with van der Waals surface area (Å²) in [4.78, 5) is 26.3. The van der Waals surface area contributed by atoms with Crippen LogP contribution in [0.15, 0.2) is 23.4 Å². The van der Waals surface area contributed by atoms with E-state index in [-0.39, 0.29) is 11.6 Å². The lowest BCUT2D eigenvalue weighted by Crippen LogP contribution is -2.41. The van der Waals surface area contributed by atoms with Gasteiger partial charge in [0.15, 0.2) is 6.29 Å². The second-order valence-electron chi connectivity index (χ2n) is 5.38. The third-order valence-electron chi connectivity index (χ3n) is 4.29. The molecule has 4 nitrogen and oxygen atoms in total. The molecule has 2 fully saturated rings. The highest BCUT2D eigenvalue weighted by atomic mass is 16.2. The summed E-state index contributed by atoms with van der Waals surface area (Å²) in [7, 11) is 4.09. The Morgan fingerprint density at radius 1 is 1.44 bits per heavy atom. The SMILES string of the molecule is C/C=C1\C(=C/C(=O)C=O)N(C)C2N(C)CCC12C. The molecule has 0 amide bonds. The molecule has 0 N–H and O–H groups in total. The van der Waals surface area contributed by atoms with Crippen LogP contribution < -0.4 is 0 Å². The molecule has 2 aliphatic rings. The van der Waals surface area contributed by atoms with E-state index in [4.69, 9.17) is 0 Å². The highest BCUT2D eigenvalue weighted by molar-refractivity contribution is 6.30. The predicted octanol–water partition coefficient (Wildman–Crippen LogP) is 1.20. The Morgan fingerprint density at radius 2 is 2.11 bits per heavy atom. The maximum Gasteiger partial charge on any atom is 0.220 e. The van der Waals surface area contributed by atoms with Gasteiger partial charge < -0.3 is 4.90 Å². The molecule has 2 saturated heterocycles. The van der Waals surface area contributed by atoms with Crippen LogP contribution in [0.3, 0.4) is 0 Å². The number of fused-ring (bicyclic) bond motifs is 1. The first-order chi connectivity index (χ1) is 8.45. The lowest BCUT2D eigenvalue weighted by atomic mass is 9.80. The van der Waals surface area contributed by atoms with Gasteiger partial charge in [-0.3, -0.25) is 14.5 Å². The molecule has 2 rings (SSSR count). The van der Waals surface area contributed by atoms with Crippen LogP contribution in [0.4, 0.5) is 0 Å². The molecular weight excluding hydrogens is 228 g/mol. The Bertz CT molecular complexity index is 453. The monoisotopic (exact) mass is 248 g/mol. The number of carbonyl (C=O) groups excluding carboxylic acids is 2. The number of likely N-dealkylation sites (N-methyl/N-ethyl adjacent to an activating group) is 1. The molecule has 18 heavy (non-hydrogen) atoms. The van der Waals surface area contributed by atoms with Crippen LogP contribution in [0.1, 0.15) is 20.3 Å². The smallest absolute Gasteiger partial charge is 0.220 e. The molecule has 2 atom stereocenters. The van der Waals surface area contributed by atoms with Crippen molar-refractivity contribution in [1.29, 1.82) is 0 Å². The summed E-state index contributed by atoms with van der Waals surface area (Å²) in [5.41, 5.74) is 2.11. The number of allylic oxidation sites excluding steroid dienone is 3. The number of hydrogen-bond acceptors (Lipinski definition) is 4. The van der Waals surface area contributed by atoms with Gasteiger partial charge in [-0.1, -0.05) is 13.0 Å². The van der Waals surface area contributed by atoms with Crippen LogP contribution in [0.25, 0.3) is 0 Å². The van der Waals surface area contributed by atoms with Gasteiger partial charge in [0.05, 0.1) is 6.17 Å². The van der Waals surface area contributed by atoms with E-state index in [0.29, 0.717) is 6.29 Å². The van der Waals surface area contributed by atoms with Crippen molar-refractivity contribution in [2.75, 3.05) is 20.6 Å². The minimum absolute atomic E-state index is 0.0489. The fraction of sp³-hybridized carbons (Fsp3) is 0.571. The second-order valence-corrected chi connectivity index (χ2v) is 5.38. The molecule has 0 radical (unpaired) electrons. The fourth-order valence-electron chi connectivity index (χ4n) is 3.58. The van der Waals surface area contributed by atoms with Crippen LogP contribution in [-0.4, -0.2) is 48.7 Å². The lowest BCUT2D eigenvalue weighted by molar-refractivity contribution is -0.126. The second kappa shape index (κ2) is 4.35. The third kappa shape index (κ3) is 1.63. The molecule has 98 valence electrons. The molecule has 0 bridgehead atoms. The Morgan fingerprint density at radius 3 is 2.67 bits per heavy atom. The summed E-state index contributed by atoms with van der Waals surface area (Å²) >= 11 is 0. The van der Waals surface area contributed by atoms with Gasteiger partial charge >= 0.3 is 0 Å². The molecule has 0 saturated carbocycles. The molecule has 2 heterocycles. The highest BCUT2D eigenvalue weighted by Crippen LogP contribution is 2.53. The van der Waals surface area contributed by atoms with Gasteiger partial charge in [0, 0.05) is 30.8 Å².